The van der Waals surface area contributed by atoms with Gasteiger partial charge in [0.25, 0.3) is 0 Å². The predicted molar refractivity (Wildman–Crippen MR) is 62.1 cm³/mol. The van der Waals surface area contributed by atoms with E-state index >= 15 is 0 Å². The molecule has 2 rings (SSSR count). The highest BCUT2D eigenvalue weighted by molar-refractivity contribution is 5.71. The molecule has 5 heteroatoms. The van der Waals surface area contributed by atoms with Crippen LogP contribution in [0.5, 0.6) is 0 Å². The van der Waals surface area contributed by atoms with Gasteiger partial charge in [0.1, 0.15) is 17.3 Å². The molecule has 0 aliphatic rings. The topological polar surface area (TPSA) is 57.9 Å². The number of halogens is 1. The molecule has 0 bridgehead atoms. The molecule has 0 unspecified atom stereocenters. The second-order valence-corrected chi connectivity index (χ2v) is 3.39. The molecule has 1 aromatic carbocycles. The van der Waals surface area contributed by atoms with Gasteiger partial charge in [-0.25, -0.2) is 4.39 Å². The van der Waals surface area contributed by atoms with Crippen molar-refractivity contribution in [3.05, 3.63) is 36.3 Å². The van der Waals surface area contributed by atoms with E-state index in [1.165, 1.54) is 12.1 Å². The molecule has 0 aliphatic carbocycles. The van der Waals surface area contributed by atoms with Crippen molar-refractivity contribution >= 4 is 17.2 Å². The van der Waals surface area contributed by atoms with Crippen LogP contribution in [0.4, 0.5) is 21.6 Å². The van der Waals surface area contributed by atoms with Crippen molar-refractivity contribution in [3.8, 4) is 0 Å². The Balaban J connectivity index is 2.37. The van der Waals surface area contributed by atoms with Gasteiger partial charge in [-0.2, -0.15) is 5.10 Å². The van der Waals surface area contributed by atoms with E-state index in [1.54, 1.807) is 18.3 Å². The van der Waals surface area contributed by atoms with Crippen LogP contribution >= 0.6 is 0 Å². The Morgan fingerprint density at radius 1 is 1.38 bits per heavy atom. The third kappa shape index (κ3) is 1.84. The number of hydrogen-bond donors (Lipinski definition) is 2. The molecule has 2 aromatic rings. The third-order valence-electron chi connectivity index (χ3n) is 2.39. The van der Waals surface area contributed by atoms with Gasteiger partial charge in [-0.1, -0.05) is 0 Å². The van der Waals surface area contributed by atoms with Gasteiger partial charge in [0, 0.05) is 12.2 Å². The molecule has 0 atom stereocenters. The first-order valence-electron chi connectivity index (χ1n) is 5.04. The second-order valence-electron chi connectivity index (χ2n) is 3.39. The van der Waals surface area contributed by atoms with Gasteiger partial charge in [-0.15, -0.1) is 0 Å². The van der Waals surface area contributed by atoms with Gasteiger partial charge in [0.2, 0.25) is 0 Å². The number of nitrogens with one attached hydrogen (secondary N) is 1. The Bertz CT molecular complexity index is 463. The molecule has 4 nitrogen and oxygen atoms in total. The van der Waals surface area contributed by atoms with E-state index in [0.717, 1.165) is 17.9 Å². The maximum Gasteiger partial charge on any atom is 0.143 e. The number of rotatable bonds is 3. The molecule has 16 heavy (non-hydrogen) atoms. The summed E-state index contributed by atoms with van der Waals surface area (Å²) in [5.74, 6) is 0.256. The number of aromatic nitrogens is 2. The van der Waals surface area contributed by atoms with Crippen LogP contribution in [0.15, 0.2) is 30.5 Å². The lowest BCUT2D eigenvalue weighted by Crippen LogP contribution is -2.16. The highest BCUT2D eigenvalue weighted by Crippen LogP contribution is 2.28. The van der Waals surface area contributed by atoms with Crippen LogP contribution in [0.25, 0.3) is 0 Å². The summed E-state index contributed by atoms with van der Waals surface area (Å²) in [5, 5.41) is 6.54. The van der Waals surface area contributed by atoms with Crippen LogP contribution < -0.4 is 10.6 Å². The predicted octanol–water partition coefficient (Wildman–Crippen LogP) is 2.29. The van der Waals surface area contributed by atoms with Gasteiger partial charge in [0.05, 0.1) is 6.20 Å². The molecule has 3 N–H and O–H groups in total. The number of benzene rings is 1. The summed E-state index contributed by atoms with van der Waals surface area (Å²) in [7, 11) is 0. The lowest BCUT2D eigenvalue weighted by atomic mass is 10.2. The minimum Gasteiger partial charge on any atom is -0.382 e. The zero-order valence-electron chi connectivity index (χ0n) is 8.94. The van der Waals surface area contributed by atoms with E-state index in [4.69, 9.17) is 5.73 Å². The van der Waals surface area contributed by atoms with Crippen LogP contribution in [-0.2, 0) is 0 Å². The monoisotopic (exact) mass is 220 g/mol. The number of nitrogens with zero attached hydrogens (tertiary/aromatic N) is 2. The lowest BCUT2D eigenvalue weighted by Gasteiger charge is -2.21. The first-order valence-corrected chi connectivity index (χ1v) is 5.04. The number of aromatic amines is 1. The normalized spacial score (nSPS) is 10.4. The van der Waals surface area contributed by atoms with Crippen molar-refractivity contribution < 1.29 is 4.39 Å². The van der Waals surface area contributed by atoms with Gasteiger partial charge in [0.15, 0.2) is 0 Å². The SMILES string of the molecule is CCN(c1ccc(F)cc1)c1cn[nH]c1N. The highest BCUT2D eigenvalue weighted by atomic mass is 19.1. The van der Waals surface area contributed by atoms with Crippen molar-refractivity contribution in [2.24, 2.45) is 0 Å². The summed E-state index contributed by atoms with van der Waals surface area (Å²) < 4.78 is 12.8. The van der Waals surface area contributed by atoms with Gasteiger partial charge in [-0.3, -0.25) is 5.10 Å². The minimum atomic E-state index is -0.250. The minimum absolute atomic E-state index is 0.250. The molecule has 1 aromatic heterocycles. The fourth-order valence-corrected chi connectivity index (χ4v) is 1.62. The third-order valence-corrected chi connectivity index (χ3v) is 2.39. The average Bonchev–Trinajstić information content (AvgIpc) is 2.69. The number of nitrogens with two attached hydrogens (primary N) is 1. The Labute approximate surface area is 92.9 Å². The molecule has 0 aliphatic heterocycles. The smallest absolute Gasteiger partial charge is 0.143 e. The molecule has 1 heterocycles. The molecule has 0 saturated heterocycles. The molecular weight excluding hydrogens is 207 g/mol. The number of anilines is 3. The summed E-state index contributed by atoms with van der Waals surface area (Å²) in [6.45, 7) is 2.73. The van der Waals surface area contributed by atoms with Gasteiger partial charge >= 0.3 is 0 Å². The summed E-state index contributed by atoms with van der Waals surface area (Å²) in [6, 6.07) is 6.28. The van der Waals surface area contributed by atoms with E-state index in [9.17, 15) is 4.39 Å². The van der Waals surface area contributed by atoms with Crippen LogP contribution in [0.3, 0.4) is 0 Å². The fourth-order valence-electron chi connectivity index (χ4n) is 1.62. The van der Waals surface area contributed by atoms with Crippen LogP contribution in [0.2, 0.25) is 0 Å². The Hall–Kier alpha value is -2.04. The number of nitrogen functional groups attached to an aromatic ring is 1. The fraction of sp³-hybridized carbons (Fsp3) is 0.182. The first-order chi connectivity index (χ1) is 7.72. The second kappa shape index (κ2) is 4.22. The molecule has 84 valence electrons. The Morgan fingerprint density at radius 2 is 2.06 bits per heavy atom. The van der Waals surface area contributed by atoms with Crippen molar-refractivity contribution in [2.75, 3.05) is 17.2 Å². The highest BCUT2D eigenvalue weighted by Gasteiger charge is 2.11. The zero-order chi connectivity index (χ0) is 11.5. The van der Waals surface area contributed by atoms with Crippen molar-refractivity contribution in [2.45, 2.75) is 6.92 Å². The molecular formula is C11H13FN4. The summed E-state index contributed by atoms with van der Waals surface area (Å²) in [4.78, 5) is 1.96. The summed E-state index contributed by atoms with van der Waals surface area (Å²) >= 11 is 0. The molecule has 0 saturated carbocycles. The van der Waals surface area contributed by atoms with Crippen LogP contribution in [0, 0.1) is 5.82 Å². The summed E-state index contributed by atoms with van der Waals surface area (Å²) in [6.07, 6.45) is 1.65. The first kappa shape index (κ1) is 10.5. The van der Waals surface area contributed by atoms with Crippen LogP contribution in [0.1, 0.15) is 6.92 Å². The van der Waals surface area contributed by atoms with E-state index in [-0.39, 0.29) is 5.82 Å². The standard InChI is InChI=1S/C11H13FN4/c1-2-16(10-7-14-15-11(10)13)9-5-3-8(12)4-6-9/h3-7H,2H2,1H3,(H3,13,14,15). The van der Waals surface area contributed by atoms with E-state index in [0.29, 0.717) is 5.82 Å². The van der Waals surface area contributed by atoms with Crippen molar-refractivity contribution in [1.82, 2.24) is 10.2 Å². The van der Waals surface area contributed by atoms with Gasteiger partial charge in [-0.05, 0) is 31.2 Å². The molecule has 0 spiro atoms. The van der Waals surface area contributed by atoms with Gasteiger partial charge < -0.3 is 10.6 Å². The molecule has 0 amide bonds. The largest absolute Gasteiger partial charge is 0.382 e. The quantitative estimate of drug-likeness (QED) is 0.834. The van der Waals surface area contributed by atoms with Crippen molar-refractivity contribution in [3.63, 3.8) is 0 Å². The number of hydrogen-bond acceptors (Lipinski definition) is 3. The van der Waals surface area contributed by atoms with Crippen molar-refractivity contribution in [1.29, 1.82) is 0 Å². The molecule has 0 fully saturated rings. The Morgan fingerprint density at radius 3 is 2.56 bits per heavy atom. The van der Waals surface area contributed by atoms with E-state index < -0.39 is 0 Å². The Kier molecular flexibility index (Phi) is 2.76. The maximum atomic E-state index is 12.8. The van der Waals surface area contributed by atoms with E-state index in [1.807, 2.05) is 11.8 Å². The maximum absolute atomic E-state index is 12.8. The summed E-state index contributed by atoms with van der Waals surface area (Å²) in [5.41, 5.74) is 7.44. The molecule has 0 radical (unpaired) electrons. The lowest BCUT2D eigenvalue weighted by molar-refractivity contribution is 0.628. The zero-order valence-corrected chi connectivity index (χ0v) is 8.94. The van der Waals surface area contributed by atoms with Crippen LogP contribution in [-0.4, -0.2) is 16.7 Å². The van der Waals surface area contributed by atoms with E-state index in [2.05, 4.69) is 10.2 Å². The number of H-pyrrole nitrogens is 1. The average molecular weight is 220 g/mol.